The molecule has 0 aliphatic rings. The molecule has 5 nitrogen and oxygen atoms in total. The van der Waals surface area contributed by atoms with E-state index in [-0.39, 0.29) is 11.8 Å². The number of anilines is 2. The van der Waals surface area contributed by atoms with Crippen molar-refractivity contribution in [3.63, 3.8) is 0 Å². The largest absolute Gasteiger partial charge is 0.481 e. The lowest BCUT2D eigenvalue weighted by atomic mass is 10.2. The Kier molecular flexibility index (Phi) is 6.42. The van der Waals surface area contributed by atoms with Crippen LogP contribution in [-0.4, -0.2) is 17.9 Å². The summed E-state index contributed by atoms with van der Waals surface area (Å²) < 4.78 is 5.66. The quantitative estimate of drug-likeness (QED) is 0.802. The summed E-state index contributed by atoms with van der Waals surface area (Å²) in [6.45, 7) is 5.32. The van der Waals surface area contributed by atoms with Crippen LogP contribution in [0.15, 0.2) is 42.5 Å². The maximum atomic E-state index is 12.3. The van der Waals surface area contributed by atoms with E-state index in [0.29, 0.717) is 28.6 Å². The Morgan fingerprint density at radius 2 is 1.80 bits per heavy atom. The van der Waals surface area contributed by atoms with Crippen LogP contribution in [0.2, 0.25) is 5.02 Å². The Morgan fingerprint density at radius 3 is 2.44 bits per heavy atom. The molecule has 0 aliphatic carbocycles. The lowest BCUT2D eigenvalue weighted by Gasteiger charge is -2.16. The molecule has 6 heteroatoms. The smallest absolute Gasteiger partial charge is 0.265 e. The van der Waals surface area contributed by atoms with Crippen LogP contribution in [0.25, 0.3) is 0 Å². The summed E-state index contributed by atoms with van der Waals surface area (Å²) in [6.07, 6.45) is -0.295. The van der Waals surface area contributed by atoms with Crippen molar-refractivity contribution in [1.29, 1.82) is 0 Å². The van der Waals surface area contributed by atoms with Gasteiger partial charge >= 0.3 is 0 Å². The van der Waals surface area contributed by atoms with Gasteiger partial charge in [0.05, 0.1) is 0 Å². The van der Waals surface area contributed by atoms with E-state index >= 15 is 0 Å². The molecular formula is C19H21ClN2O3. The summed E-state index contributed by atoms with van der Waals surface area (Å²) in [6, 6.07) is 12.2. The number of nitrogens with one attached hydrogen (secondary N) is 2. The van der Waals surface area contributed by atoms with Crippen LogP contribution < -0.4 is 15.4 Å². The highest BCUT2D eigenvalue weighted by Crippen LogP contribution is 2.22. The van der Waals surface area contributed by atoms with Gasteiger partial charge in [-0.05, 0) is 55.8 Å². The van der Waals surface area contributed by atoms with E-state index in [4.69, 9.17) is 16.3 Å². The number of amides is 2. The van der Waals surface area contributed by atoms with Crippen LogP contribution in [0, 0.1) is 6.92 Å². The minimum Gasteiger partial charge on any atom is -0.481 e. The average molecular weight is 361 g/mol. The van der Waals surface area contributed by atoms with Gasteiger partial charge in [0.2, 0.25) is 5.91 Å². The Hall–Kier alpha value is -2.53. The molecular weight excluding hydrogens is 340 g/mol. The number of rotatable bonds is 6. The van der Waals surface area contributed by atoms with Gasteiger partial charge in [0.25, 0.3) is 5.91 Å². The van der Waals surface area contributed by atoms with Crippen LogP contribution in [0.4, 0.5) is 11.4 Å². The highest BCUT2D eigenvalue weighted by atomic mass is 35.5. The second kappa shape index (κ2) is 8.53. The van der Waals surface area contributed by atoms with E-state index in [9.17, 15) is 9.59 Å². The molecule has 0 saturated carbocycles. The Bertz CT molecular complexity index is 777. The SMILES string of the molecule is CCC(=O)Nc1cccc(NC(=O)C(C)Oc2ccc(Cl)c(C)c2)c1. The van der Waals surface area contributed by atoms with E-state index in [2.05, 4.69) is 10.6 Å². The molecule has 0 fully saturated rings. The van der Waals surface area contributed by atoms with E-state index in [1.165, 1.54) is 0 Å². The molecule has 1 atom stereocenters. The highest BCUT2D eigenvalue weighted by molar-refractivity contribution is 6.31. The zero-order chi connectivity index (χ0) is 18.4. The molecule has 0 spiro atoms. The number of hydrogen-bond donors (Lipinski definition) is 2. The van der Waals surface area contributed by atoms with Crippen molar-refractivity contribution in [1.82, 2.24) is 0 Å². The number of hydrogen-bond acceptors (Lipinski definition) is 3. The van der Waals surface area contributed by atoms with Gasteiger partial charge in [-0.2, -0.15) is 0 Å². The second-order valence-corrected chi connectivity index (χ2v) is 6.05. The standard InChI is InChI=1S/C19H21ClN2O3/c1-4-18(23)21-14-6-5-7-15(11-14)22-19(24)13(3)25-16-8-9-17(20)12(2)10-16/h5-11,13H,4H2,1-3H3,(H,21,23)(H,22,24). The summed E-state index contributed by atoms with van der Waals surface area (Å²) >= 11 is 5.98. The van der Waals surface area contributed by atoms with Crippen molar-refractivity contribution >= 4 is 34.8 Å². The first-order chi connectivity index (χ1) is 11.9. The molecule has 0 saturated heterocycles. The van der Waals surface area contributed by atoms with Gasteiger partial charge in [-0.3, -0.25) is 9.59 Å². The minimum atomic E-state index is -0.686. The van der Waals surface area contributed by atoms with Crippen molar-refractivity contribution in [3.8, 4) is 5.75 Å². The maximum Gasteiger partial charge on any atom is 0.265 e. The molecule has 0 aromatic heterocycles. The molecule has 2 N–H and O–H groups in total. The molecule has 2 amide bonds. The van der Waals surface area contributed by atoms with Crippen LogP contribution in [0.3, 0.4) is 0 Å². The summed E-state index contributed by atoms with van der Waals surface area (Å²) in [4.78, 5) is 23.8. The third kappa shape index (κ3) is 5.50. The Balaban J connectivity index is 1.99. The van der Waals surface area contributed by atoms with E-state index in [1.807, 2.05) is 6.92 Å². The van der Waals surface area contributed by atoms with Gasteiger partial charge in [-0.1, -0.05) is 24.6 Å². The van der Waals surface area contributed by atoms with E-state index < -0.39 is 6.10 Å². The van der Waals surface area contributed by atoms with E-state index in [1.54, 1.807) is 56.3 Å². The molecule has 0 bridgehead atoms. The number of carbonyl (C=O) groups is 2. The maximum absolute atomic E-state index is 12.3. The molecule has 2 rings (SSSR count). The number of ether oxygens (including phenoxy) is 1. The predicted molar refractivity (Wildman–Crippen MR) is 100 cm³/mol. The number of benzene rings is 2. The van der Waals surface area contributed by atoms with Crippen LogP contribution in [-0.2, 0) is 9.59 Å². The molecule has 0 aliphatic heterocycles. The van der Waals surface area contributed by atoms with Crippen molar-refractivity contribution in [2.24, 2.45) is 0 Å². The molecule has 0 heterocycles. The highest BCUT2D eigenvalue weighted by Gasteiger charge is 2.15. The van der Waals surface area contributed by atoms with Crippen molar-refractivity contribution < 1.29 is 14.3 Å². The third-order valence-corrected chi connectivity index (χ3v) is 3.97. The lowest BCUT2D eigenvalue weighted by molar-refractivity contribution is -0.122. The minimum absolute atomic E-state index is 0.0849. The van der Waals surface area contributed by atoms with Crippen LogP contribution in [0.1, 0.15) is 25.8 Å². The molecule has 1 unspecified atom stereocenters. The second-order valence-electron chi connectivity index (χ2n) is 5.64. The summed E-state index contributed by atoms with van der Waals surface area (Å²) in [5.74, 6) is 0.207. The molecule has 2 aromatic rings. The number of halogens is 1. The first-order valence-electron chi connectivity index (χ1n) is 8.02. The molecule has 132 valence electrons. The summed E-state index contributed by atoms with van der Waals surface area (Å²) in [5, 5.41) is 6.18. The van der Waals surface area contributed by atoms with Gasteiger partial charge in [-0.15, -0.1) is 0 Å². The zero-order valence-corrected chi connectivity index (χ0v) is 15.2. The Morgan fingerprint density at radius 1 is 1.12 bits per heavy atom. The molecule has 25 heavy (non-hydrogen) atoms. The average Bonchev–Trinajstić information content (AvgIpc) is 2.58. The first-order valence-corrected chi connectivity index (χ1v) is 8.40. The van der Waals surface area contributed by atoms with Crippen molar-refractivity contribution in [3.05, 3.63) is 53.1 Å². The van der Waals surface area contributed by atoms with Crippen LogP contribution >= 0.6 is 11.6 Å². The van der Waals surface area contributed by atoms with Gasteiger partial charge in [0.15, 0.2) is 6.10 Å². The fraction of sp³-hybridized carbons (Fsp3) is 0.263. The topological polar surface area (TPSA) is 67.4 Å². The first kappa shape index (κ1) is 18.8. The van der Waals surface area contributed by atoms with Gasteiger partial charge in [0, 0.05) is 22.8 Å². The van der Waals surface area contributed by atoms with Crippen molar-refractivity contribution in [2.45, 2.75) is 33.3 Å². The lowest BCUT2D eigenvalue weighted by Crippen LogP contribution is -2.30. The molecule has 0 radical (unpaired) electrons. The summed E-state index contributed by atoms with van der Waals surface area (Å²) in [7, 11) is 0. The summed E-state index contributed by atoms with van der Waals surface area (Å²) in [5.41, 5.74) is 2.10. The van der Waals surface area contributed by atoms with Gasteiger partial charge < -0.3 is 15.4 Å². The number of aryl methyl sites for hydroxylation is 1. The predicted octanol–water partition coefficient (Wildman–Crippen LogP) is 4.40. The fourth-order valence-corrected chi connectivity index (χ4v) is 2.23. The van der Waals surface area contributed by atoms with Crippen molar-refractivity contribution in [2.75, 3.05) is 10.6 Å². The van der Waals surface area contributed by atoms with Gasteiger partial charge in [-0.25, -0.2) is 0 Å². The van der Waals surface area contributed by atoms with Gasteiger partial charge in [0.1, 0.15) is 5.75 Å². The monoisotopic (exact) mass is 360 g/mol. The zero-order valence-electron chi connectivity index (χ0n) is 14.4. The third-order valence-electron chi connectivity index (χ3n) is 3.55. The molecule has 2 aromatic carbocycles. The Labute approximate surface area is 152 Å². The normalized spacial score (nSPS) is 11.5. The fourth-order valence-electron chi connectivity index (χ4n) is 2.12. The van der Waals surface area contributed by atoms with E-state index in [0.717, 1.165) is 5.56 Å². The van der Waals surface area contributed by atoms with Crippen LogP contribution in [0.5, 0.6) is 5.75 Å². The number of carbonyl (C=O) groups excluding carboxylic acids is 2.